The molecule has 1 aromatic carbocycles. The van der Waals surface area contributed by atoms with Crippen molar-refractivity contribution in [3.63, 3.8) is 0 Å². The second kappa shape index (κ2) is 6.42. The molecule has 0 bridgehead atoms. The minimum Gasteiger partial charge on any atom is -0.494 e. The van der Waals surface area contributed by atoms with Gasteiger partial charge in [0, 0.05) is 5.54 Å². The van der Waals surface area contributed by atoms with E-state index in [1.165, 1.54) is 24.8 Å². The van der Waals surface area contributed by atoms with Gasteiger partial charge in [-0.25, -0.2) is 0 Å². The number of rotatable bonds is 5. The normalized spacial score (nSPS) is 27.2. The quantitative estimate of drug-likeness (QED) is 0.861. The minimum absolute atomic E-state index is 0.123. The Balaban J connectivity index is 2.07. The first-order valence-corrected chi connectivity index (χ1v) is 7.70. The van der Waals surface area contributed by atoms with Gasteiger partial charge in [0.25, 0.3) is 0 Å². The van der Waals surface area contributed by atoms with E-state index in [0.717, 1.165) is 37.5 Å². The van der Waals surface area contributed by atoms with Crippen molar-refractivity contribution < 1.29 is 4.74 Å². The molecule has 2 nitrogen and oxygen atoms in total. The summed E-state index contributed by atoms with van der Waals surface area (Å²) in [6, 6.07) is 8.44. The molecule has 0 heterocycles. The molecular weight excluding hydrogens is 234 g/mol. The molecule has 106 valence electrons. The van der Waals surface area contributed by atoms with Crippen molar-refractivity contribution >= 4 is 0 Å². The summed E-state index contributed by atoms with van der Waals surface area (Å²) >= 11 is 0. The van der Waals surface area contributed by atoms with E-state index in [9.17, 15) is 0 Å². The molecule has 0 aromatic heterocycles. The fourth-order valence-electron chi connectivity index (χ4n) is 3.14. The summed E-state index contributed by atoms with van der Waals surface area (Å²) in [7, 11) is 0. The molecule has 0 aliphatic heterocycles. The number of hydrogen-bond acceptors (Lipinski definition) is 2. The lowest BCUT2D eigenvalue weighted by molar-refractivity contribution is 0.221. The first kappa shape index (κ1) is 14.4. The summed E-state index contributed by atoms with van der Waals surface area (Å²) in [6.07, 6.45) is 7.12. The van der Waals surface area contributed by atoms with Crippen LogP contribution in [0.4, 0.5) is 0 Å². The van der Waals surface area contributed by atoms with Gasteiger partial charge in [-0.2, -0.15) is 0 Å². The maximum absolute atomic E-state index is 6.66. The first-order chi connectivity index (χ1) is 9.18. The highest BCUT2D eigenvalue weighted by atomic mass is 16.5. The van der Waals surface area contributed by atoms with Crippen LogP contribution < -0.4 is 10.5 Å². The molecule has 0 radical (unpaired) electrons. The molecule has 2 atom stereocenters. The highest BCUT2D eigenvalue weighted by Gasteiger charge is 2.33. The molecule has 2 N–H and O–H groups in total. The fraction of sp³-hybridized carbons (Fsp3) is 0.647. The van der Waals surface area contributed by atoms with Gasteiger partial charge in [-0.05, 0) is 42.9 Å². The maximum atomic E-state index is 6.66. The second-order valence-corrected chi connectivity index (χ2v) is 5.90. The molecule has 2 rings (SSSR count). The van der Waals surface area contributed by atoms with E-state index in [2.05, 4.69) is 38.1 Å². The number of hydrogen-bond donors (Lipinski definition) is 1. The van der Waals surface area contributed by atoms with Crippen LogP contribution >= 0.6 is 0 Å². The highest BCUT2D eigenvalue weighted by molar-refractivity contribution is 5.32. The van der Waals surface area contributed by atoms with Crippen LogP contribution in [0.1, 0.15) is 57.9 Å². The van der Waals surface area contributed by atoms with E-state index < -0.39 is 0 Å². The number of nitrogens with two attached hydrogens (primary N) is 1. The Kier molecular flexibility index (Phi) is 4.87. The van der Waals surface area contributed by atoms with Gasteiger partial charge in [0.2, 0.25) is 0 Å². The van der Waals surface area contributed by atoms with Gasteiger partial charge in [0.1, 0.15) is 5.75 Å². The molecule has 2 unspecified atom stereocenters. The summed E-state index contributed by atoms with van der Waals surface area (Å²) in [5.74, 6) is 1.74. The Morgan fingerprint density at radius 1 is 1.26 bits per heavy atom. The van der Waals surface area contributed by atoms with Crippen molar-refractivity contribution in [3.8, 4) is 5.75 Å². The SMILES string of the molecule is CCCOc1ccc(C2(N)CCCC(CC)C2)cc1. The Hall–Kier alpha value is -1.02. The minimum atomic E-state index is -0.123. The lowest BCUT2D eigenvalue weighted by atomic mass is 9.72. The average molecular weight is 261 g/mol. The molecule has 2 heteroatoms. The molecule has 1 aliphatic rings. The highest BCUT2D eigenvalue weighted by Crippen LogP contribution is 2.39. The van der Waals surface area contributed by atoms with Gasteiger partial charge in [-0.15, -0.1) is 0 Å². The van der Waals surface area contributed by atoms with Crippen molar-refractivity contribution in [2.24, 2.45) is 11.7 Å². The van der Waals surface area contributed by atoms with E-state index in [1.807, 2.05) is 0 Å². The largest absolute Gasteiger partial charge is 0.494 e. The van der Waals surface area contributed by atoms with Crippen LogP contribution in [-0.2, 0) is 5.54 Å². The zero-order valence-corrected chi connectivity index (χ0v) is 12.3. The molecule has 1 aliphatic carbocycles. The predicted octanol–water partition coefficient (Wildman–Crippen LogP) is 4.23. The summed E-state index contributed by atoms with van der Waals surface area (Å²) < 4.78 is 5.63. The predicted molar refractivity (Wildman–Crippen MR) is 80.3 cm³/mol. The monoisotopic (exact) mass is 261 g/mol. The molecule has 0 amide bonds. The van der Waals surface area contributed by atoms with E-state index in [0.29, 0.717) is 0 Å². The average Bonchev–Trinajstić information content (AvgIpc) is 2.45. The topological polar surface area (TPSA) is 35.2 Å². The molecular formula is C17H27NO. The van der Waals surface area contributed by atoms with Crippen LogP contribution in [0.2, 0.25) is 0 Å². The third-order valence-electron chi connectivity index (χ3n) is 4.37. The van der Waals surface area contributed by atoms with E-state index in [4.69, 9.17) is 10.5 Å². The summed E-state index contributed by atoms with van der Waals surface area (Å²) in [6.45, 7) is 5.18. The molecule has 1 fully saturated rings. The Bertz CT molecular complexity index is 387. The van der Waals surface area contributed by atoms with Crippen LogP contribution in [0.3, 0.4) is 0 Å². The Morgan fingerprint density at radius 3 is 2.63 bits per heavy atom. The summed E-state index contributed by atoms with van der Waals surface area (Å²) in [4.78, 5) is 0. The van der Waals surface area contributed by atoms with Crippen molar-refractivity contribution in [2.75, 3.05) is 6.61 Å². The fourth-order valence-corrected chi connectivity index (χ4v) is 3.14. The van der Waals surface area contributed by atoms with E-state index in [-0.39, 0.29) is 5.54 Å². The van der Waals surface area contributed by atoms with Gasteiger partial charge in [-0.3, -0.25) is 0 Å². The second-order valence-electron chi connectivity index (χ2n) is 5.90. The van der Waals surface area contributed by atoms with Crippen LogP contribution in [0.25, 0.3) is 0 Å². The van der Waals surface area contributed by atoms with Crippen molar-refractivity contribution in [2.45, 2.75) is 57.9 Å². The van der Waals surface area contributed by atoms with Gasteiger partial charge in [0.05, 0.1) is 6.61 Å². The standard InChI is InChI=1S/C17H27NO/c1-3-12-19-16-9-7-15(8-10-16)17(18)11-5-6-14(4-2)13-17/h7-10,14H,3-6,11-13,18H2,1-2H3. The van der Waals surface area contributed by atoms with E-state index in [1.54, 1.807) is 0 Å². The zero-order valence-electron chi connectivity index (χ0n) is 12.3. The lowest BCUT2D eigenvalue weighted by Crippen LogP contribution is -2.41. The summed E-state index contributed by atoms with van der Waals surface area (Å²) in [5.41, 5.74) is 7.81. The molecule has 0 spiro atoms. The molecule has 0 saturated heterocycles. The number of ether oxygens (including phenoxy) is 1. The third kappa shape index (κ3) is 3.50. The maximum Gasteiger partial charge on any atom is 0.119 e. The number of benzene rings is 1. The Morgan fingerprint density at radius 2 is 2.00 bits per heavy atom. The Labute approximate surface area is 117 Å². The van der Waals surface area contributed by atoms with E-state index >= 15 is 0 Å². The van der Waals surface area contributed by atoms with Crippen molar-refractivity contribution in [1.82, 2.24) is 0 Å². The van der Waals surface area contributed by atoms with Gasteiger partial charge in [0.15, 0.2) is 0 Å². The first-order valence-electron chi connectivity index (χ1n) is 7.70. The molecule has 1 aromatic rings. The van der Waals surface area contributed by atoms with Gasteiger partial charge in [-0.1, -0.05) is 45.2 Å². The summed E-state index contributed by atoms with van der Waals surface area (Å²) in [5, 5.41) is 0. The van der Waals surface area contributed by atoms with Crippen LogP contribution in [-0.4, -0.2) is 6.61 Å². The lowest BCUT2D eigenvalue weighted by Gasteiger charge is -2.38. The molecule has 19 heavy (non-hydrogen) atoms. The molecule has 1 saturated carbocycles. The zero-order chi connectivity index (χ0) is 13.7. The van der Waals surface area contributed by atoms with Crippen LogP contribution in [0.15, 0.2) is 24.3 Å². The van der Waals surface area contributed by atoms with Gasteiger partial charge < -0.3 is 10.5 Å². The van der Waals surface area contributed by atoms with Crippen molar-refractivity contribution in [3.05, 3.63) is 29.8 Å². The van der Waals surface area contributed by atoms with Crippen molar-refractivity contribution in [1.29, 1.82) is 0 Å². The van der Waals surface area contributed by atoms with Crippen LogP contribution in [0.5, 0.6) is 5.75 Å². The third-order valence-corrected chi connectivity index (χ3v) is 4.37. The van der Waals surface area contributed by atoms with Crippen LogP contribution in [0, 0.1) is 5.92 Å². The smallest absolute Gasteiger partial charge is 0.119 e. The van der Waals surface area contributed by atoms with Gasteiger partial charge >= 0.3 is 0 Å².